The van der Waals surface area contributed by atoms with Gasteiger partial charge in [0.1, 0.15) is 0 Å². The van der Waals surface area contributed by atoms with Gasteiger partial charge < -0.3 is 9.88 Å². The predicted molar refractivity (Wildman–Crippen MR) is 156 cm³/mol. The molecule has 1 saturated carbocycles. The molecule has 2 atom stereocenters. The Morgan fingerprint density at radius 3 is 2.51 bits per heavy atom. The minimum absolute atomic E-state index is 0.00484. The fraction of sp³-hybridized carbons (Fsp3) is 0.483. The predicted octanol–water partition coefficient (Wildman–Crippen LogP) is 5.01. The molecule has 0 aliphatic heterocycles. The van der Waals surface area contributed by atoms with Crippen LogP contribution in [0.5, 0.6) is 0 Å². The Morgan fingerprint density at radius 1 is 1.05 bits per heavy atom. The number of amides is 1. The number of aryl methyl sites for hydroxylation is 1. The van der Waals surface area contributed by atoms with Crippen molar-refractivity contribution >= 4 is 27.7 Å². The van der Waals surface area contributed by atoms with Gasteiger partial charge in [-0.3, -0.25) is 4.79 Å². The van der Waals surface area contributed by atoms with Crippen molar-refractivity contribution in [1.82, 2.24) is 24.4 Å². The van der Waals surface area contributed by atoms with E-state index in [0.717, 1.165) is 25.7 Å². The standard InChI is InChI=1S/C29H39N5O3S2/c1-4-33(5-2)39(36,37)25-16-11-15-24(20-25)28-31-32-29(34(28)19-18-23-13-7-6-8-14-23)38-21-27(35)30-26-17-10-9-12-22(26)3/h6-8,11,13-16,20,22,26H,4-5,9-10,12,17-19,21H2,1-3H3,(H,30,35)/t22-,26+/m0/s1. The maximum absolute atomic E-state index is 13.2. The summed E-state index contributed by atoms with van der Waals surface area (Å²) in [4.78, 5) is 13.0. The average Bonchev–Trinajstić information content (AvgIpc) is 3.36. The highest BCUT2D eigenvalue weighted by atomic mass is 32.2. The van der Waals surface area contributed by atoms with Crippen LogP contribution in [0, 0.1) is 5.92 Å². The van der Waals surface area contributed by atoms with Crippen molar-refractivity contribution < 1.29 is 13.2 Å². The lowest BCUT2D eigenvalue weighted by Crippen LogP contribution is -2.41. The topological polar surface area (TPSA) is 97.2 Å². The van der Waals surface area contributed by atoms with Gasteiger partial charge in [-0.05, 0) is 42.9 Å². The number of aromatic nitrogens is 3. The van der Waals surface area contributed by atoms with Crippen LogP contribution >= 0.6 is 11.8 Å². The van der Waals surface area contributed by atoms with Crippen molar-refractivity contribution in [3.8, 4) is 11.4 Å². The molecule has 4 rings (SSSR count). The first-order valence-corrected chi connectivity index (χ1v) is 16.3. The van der Waals surface area contributed by atoms with Crippen LogP contribution in [-0.4, -0.2) is 58.3 Å². The zero-order valence-corrected chi connectivity index (χ0v) is 24.7. The maximum Gasteiger partial charge on any atom is 0.243 e. The quantitative estimate of drug-likeness (QED) is 0.308. The number of hydrogen-bond acceptors (Lipinski definition) is 6. The largest absolute Gasteiger partial charge is 0.352 e. The zero-order chi connectivity index (χ0) is 27.8. The van der Waals surface area contributed by atoms with E-state index in [-0.39, 0.29) is 22.6 Å². The minimum Gasteiger partial charge on any atom is -0.352 e. The monoisotopic (exact) mass is 569 g/mol. The van der Waals surface area contributed by atoms with Crippen LogP contribution < -0.4 is 5.32 Å². The minimum atomic E-state index is -3.62. The summed E-state index contributed by atoms with van der Waals surface area (Å²) < 4.78 is 29.8. The van der Waals surface area contributed by atoms with Gasteiger partial charge in [-0.2, -0.15) is 4.31 Å². The highest BCUT2D eigenvalue weighted by molar-refractivity contribution is 7.99. The van der Waals surface area contributed by atoms with Crippen LogP contribution in [-0.2, 0) is 27.8 Å². The number of rotatable bonds is 12. The molecule has 0 unspecified atom stereocenters. The molecule has 1 aliphatic rings. The van der Waals surface area contributed by atoms with Crippen LogP contribution in [0.15, 0.2) is 64.6 Å². The van der Waals surface area contributed by atoms with Gasteiger partial charge in [-0.1, -0.05) is 87.8 Å². The molecule has 8 nitrogen and oxygen atoms in total. The van der Waals surface area contributed by atoms with Crippen molar-refractivity contribution in [1.29, 1.82) is 0 Å². The van der Waals surface area contributed by atoms with E-state index in [9.17, 15) is 13.2 Å². The van der Waals surface area contributed by atoms with Crippen LogP contribution in [0.1, 0.15) is 52.0 Å². The molecule has 210 valence electrons. The summed E-state index contributed by atoms with van der Waals surface area (Å²) in [6.45, 7) is 7.28. The van der Waals surface area contributed by atoms with E-state index >= 15 is 0 Å². The third kappa shape index (κ3) is 7.29. The number of carbonyl (C=O) groups excluding carboxylic acids is 1. The molecule has 2 aromatic carbocycles. The first kappa shape index (κ1) is 29.3. The number of nitrogens with zero attached hydrogens (tertiary/aromatic N) is 4. The van der Waals surface area contributed by atoms with Crippen molar-refractivity contribution in [2.75, 3.05) is 18.8 Å². The van der Waals surface area contributed by atoms with E-state index in [1.165, 1.54) is 28.1 Å². The lowest BCUT2D eigenvalue weighted by Gasteiger charge is -2.29. The molecule has 1 heterocycles. The van der Waals surface area contributed by atoms with Gasteiger partial charge in [0.2, 0.25) is 15.9 Å². The molecular weight excluding hydrogens is 530 g/mol. The van der Waals surface area contributed by atoms with E-state index in [1.807, 2.05) is 42.7 Å². The SMILES string of the molecule is CCN(CC)S(=O)(=O)c1cccc(-c2nnc(SCC(=O)N[C@@H]3CCCC[C@@H]3C)n2CCc2ccccc2)c1. The second-order valence-electron chi connectivity index (χ2n) is 10.0. The Morgan fingerprint density at radius 2 is 1.79 bits per heavy atom. The summed E-state index contributed by atoms with van der Waals surface area (Å²) >= 11 is 1.37. The zero-order valence-electron chi connectivity index (χ0n) is 23.0. The highest BCUT2D eigenvalue weighted by Gasteiger charge is 2.25. The summed E-state index contributed by atoms with van der Waals surface area (Å²) in [6, 6.07) is 17.3. The molecule has 39 heavy (non-hydrogen) atoms. The summed E-state index contributed by atoms with van der Waals surface area (Å²) in [5, 5.41) is 12.8. The Hall–Kier alpha value is -2.69. The molecule has 1 aliphatic carbocycles. The lowest BCUT2D eigenvalue weighted by atomic mass is 9.86. The molecule has 10 heteroatoms. The van der Waals surface area contributed by atoms with Crippen molar-refractivity contribution in [3.63, 3.8) is 0 Å². The van der Waals surface area contributed by atoms with Crippen LogP contribution in [0.25, 0.3) is 11.4 Å². The van der Waals surface area contributed by atoms with Crippen molar-refractivity contribution in [2.24, 2.45) is 5.92 Å². The van der Waals surface area contributed by atoms with Gasteiger partial charge in [-0.15, -0.1) is 10.2 Å². The Labute approximate surface area is 236 Å². The smallest absolute Gasteiger partial charge is 0.243 e. The van der Waals surface area contributed by atoms with Crippen molar-refractivity contribution in [3.05, 3.63) is 60.2 Å². The second kappa shape index (κ2) is 13.6. The molecule has 3 aromatic rings. The fourth-order valence-electron chi connectivity index (χ4n) is 5.11. The maximum atomic E-state index is 13.2. The molecule has 0 spiro atoms. The van der Waals surface area contributed by atoms with Crippen LogP contribution in [0.2, 0.25) is 0 Å². The van der Waals surface area contributed by atoms with Crippen LogP contribution in [0.4, 0.5) is 0 Å². The van der Waals surface area contributed by atoms with E-state index in [4.69, 9.17) is 0 Å². The third-order valence-electron chi connectivity index (χ3n) is 7.41. The van der Waals surface area contributed by atoms with Gasteiger partial charge in [0, 0.05) is 31.2 Å². The Bertz CT molecular complexity index is 1340. The lowest BCUT2D eigenvalue weighted by molar-refractivity contribution is -0.119. The van der Waals surface area contributed by atoms with Gasteiger partial charge in [0.15, 0.2) is 11.0 Å². The van der Waals surface area contributed by atoms with Gasteiger partial charge in [0.05, 0.1) is 10.6 Å². The van der Waals surface area contributed by atoms with E-state index < -0.39 is 10.0 Å². The molecule has 1 fully saturated rings. The normalized spacial score (nSPS) is 17.8. The second-order valence-corrected chi connectivity index (χ2v) is 12.9. The number of benzene rings is 2. The molecule has 0 saturated heterocycles. The summed E-state index contributed by atoms with van der Waals surface area (Å²) in [5.74, 6) is 1.34. The summed E-state index contributed by atoms with van der Waals surface area (Å²) in [6.07, 6.45) is 5.32. The number of sulfonamides is 1. The summed E-state index contributed by atoms with van der Waals surface area (Å²) in [7, 11) is -3.62. The van der Waals surface area contributed by atoms with E-state index in [2.05, 4.69) is 34.6 Å². The molecule has 1 N–H and O–H groups in total. The Balaban J connectivity index is 1.58. The third-order valence-corrected chi connectivity index (χ3v) is 10.4. The first-order valence-electron chi connectivity index (χ1n) is 13.8. The van der Waals surface area contributed by atoms with Gasteiger partial charge in [0.25, 0.3) is 0 Å². The fourth-order valence-corrected chi connectivity index (χ4v) is 7.39. The first-order chi connectivity index (χ1) is 18.8. The highest BCUT2D eigenvalue weighted by Crippen LogP contribution is 2.28. The molecule has 1 amide bonds. The Kier molecular flexibility index (Phi) is 10.2. The number of nitrogens with one attached hydrogen (secondary N) is 1. The average molecular weight is 570 g/mol. The van der Waals surface area contributed by atoms with Gasteiger partial charge >= 0.3 is 0 Å². The molecule has 0 bridgehead atoms. The van der Waals surface area contributed by atoms with E-state index in [0.29, 0.717) is 42.1 Å². The van der Waals surface area contributed by atoms with Crippen molar-refractivity contribution in [2.45, 2.75) is 75.5 Å². The van der Waals surface area contributed by atoms with Gasteiger partial charge in [-0.25, -0.2) is 8.42 Å². The number of carbonyl (C=O) groups is 1. The molecule has 0 radical (unpaired) electrons. The number of thioether (sulfide) groups is 1. The van der Waals surface area contributed by atoms with E-state index in [1.54, 1.807) is 18.2 Å². The number of hydrogen-bond donors (Lipinski definition) is 1. The van der Waals surface area contributed by atoms with Crippen LogP contribution in [0.3, 0.4) is 0 Å². The molecular formula is C29H39N5O3S2. The summed E-state index contributed by atoms with van der Waals surface area (Å²) in [5.41, 5.74) is 1.85. The molecule has 1 aromatic heterocycles.